The Morgan fingerprint density at radius 2 is 0.694 bits per heavy atom. The van der Waals surface area contributed by atoms with Gasteiger partial charge in [0.15, 0.2) is 0 Å². The first-order chi connectivity index (χ1) is 17.8. The van der Waals surface area contributed by atoms with Crippen LogP contribution < -0.4 is 0 Å². The first-order valence-corrected chi connectivity index (χ1v) is 15.0. The highest BCUT2D eigenvalue weighted by atomic mass is 14.1. The lowest BCUT2D eigenvalue weighted by molar-refractivity contribution is 0.607. The second-order valence-electron chi connectivity index (χ2n) is 10.7. The molecule has 0 aliphatic carbocycles. The molecule has 0 heteroatoms. The summed E-state index contributed by atoms with van der Waals surface area (Å²) in [6.45, 7) is 4.58. The molecule has 0 radical (unpaired) electrons. The van der Waals surface area contributed by atoms with Crippen LogP contribution in [0, 0.1) is 0 Å². The average molecular weight is 483 g/mol. The summed E-state index contributed by atoms with van der Waals surface area (Å²) < 4.78 is 0. The smallest absolute Gasteiger partial charge is 0.00230 e. The standard InChI is InChI=1S/C36H50/c1-3-5-7-9-11-13-19-33-21-15-17-23-35(33)29-31-25-27-32(28-26-31)30-36-24-18-16-22-34(36)20-14-12-10-8-6-4-2/h15-18,21-28H,3-14,19-20,29-30H2,1-2H3. The molecule has 3 aromatic rings. The minimum absolute atomic E-state index is 1.04. The van der Waals surface area contributed by atoms with Gasteiger partial charge in [-0.15, -0.1) is 0 Å². The van der Waals surface area contributed by atoms with Crippen LogP contribution in [0.15, 0.2) is 72.8 Å². The fourth-order valence-corrected chi connectivity index (χ4v) is 5.35. The van der Waals surface area contributed by atoms with Gasteiger partial charge in [0.05, 0.1) is 0 Å². The number of benzene rings is 3. The number of hydrogen-bond donors (Lipinski definition) is 0. The summed E-state index contributed by atoms with van der Waals surface area (Å²) in [5, 5.41) is 0. The largest absolute Gasteiger partial charge is 0.0654 e. The molecule has 0 unspecified atom stereocenters. The Bertz CT molecular complexity index is 885. The fourth-order valence-electron chi connectivity index (χ4n) is 5.35. The van der Waals surface area contributed by atoms with Crippen molar-refractivity contribution in [3.8, 4) is 0 Å². The Balaban J connectivity index is 1.51. The van der Waals surface area contributed by atoms with Crippen molar-refractivity contribution in [3.63, 3.8) is 0 Å². The van der Waals surface area contributed by atoms with Gasteiger partial charge < -0.3 is 0 Å². The Labute approximate surface area is 222 Å². The molecule has 0 saturated carbocycles. The number of unbranched alkanes of at least 4 members (excludes halogenated alkanes) is 10. The number of hydrogen-bond acceptors (Lipinski definition) is 0. The van der Waals surface area contributed by atoms with E-state index in [1.165, 1.54) is 112 Å². The molecule has 0 aromatic heterocycles. The third kappa shape index (κ3) is 10.3. The highest BCUT2D eigenvalue weighted by Gasteiger charge is 2.06. The van der Waals surface area contributed by atoms with E-state index in [4.69, 9.17) is 0 Å². The summed E-state index contributed by atoms with van der Waals surface area (Å²) in [5.74, 6) is 0. The minimum Gasteiger partial charge on any atom is -0.0654 e. The zero-order valence-corrected chi connectivity index (χ0v) is 23.2. The van der Waals surface area contributed by atoms with Crippen molar-refractivity contribution in [2.24, 2.45) is 0 Å². The van der Waals surface area contributed by atoms with E-state index in [-0.39, 0.29) is 0 Å². The summed E-state index contributed by atoms with van der Waals surface area (Å²) in [4.78, 5) is 0. The van der Waals surface area contributed by atoms with E-state index >= 15 is 0 Å². The van der Waals surface area contributed by atoms with E-state index in [1.54, 1.807) is 11.1 Å². The maximum Gasteiger partial charge on any atom is -0.00230 e. The molecular weight excluding hydrogens is 432 g/mol. The Hall–Kier alpha value is -2.34. The average Bonchev–Trinajstić information content (AvgIpc) is 2.91. The van der Waals surface area contributed by atoms with Crippen molar-refractivity contribution in [3.05, 3.63) is 106 Å². The monoisotopic (exact) mass is 482 g/mol. The quantitative estimate of drug-likeness (QED) is 0.158. The zero-order chi connectivity index (χ0) is 25.3. The molecule has 0 amide bonds. The maximum atomic E-state index is 2.35. The van der Waals surface area contributed by atoms with Crippen molar-refractivity contribution in [2.45, 2.75) is 117 Å². The second kappa shape index (κ2) is 17.2. The number of aryl methyl sites for hydroxylation is 2. The van der Waals surface area contributed by atoms with E-state index < -0.39 is 0 Å². The highest BCUT2D eigenvalue weighted by molar-refractivity contribution is 5.37. The van der Waals surface area contributed by atoms with E-state index in [1.807, 2.05) is 0 Å². The predicted octanol–water partition coefficient (Wildman–Crippen LogP) is 10.7. The molecule has 0 fully saturated rings. The summed E-state index contributed by atoms with van der Waals surface area (Å²) in [7, 11) is 0. The number of rotatable bonds is 18. The fraction of sp³-hybridized carbons (Fsp3) is 0.500. The molecule has 3 rings (SSSR count). The van der Waals surface area contributed by atoms with Crippen LogP contribution in [0.25, 0.3) is 0 Å². The SMILES string of the molecule is CCCCCCCCc1ccccc1Cc1ccc(Cc2ccccc2CCCCCCCC)cc1. The molecule has 0 aliphatic rings. The van der Waals surface area contributed by atoms with Gasteiger partial charge in [-0.05, 0) is 71.9 Å². The normalized spacial score (nSPS) is 11.2. The van der Waals surface area contributed by atoms with Crippen LogP contribution in [0.3, 0.4) is 0 Å². The Morgan fingerprint density at radius 1 is 0.361 bits per heavy atom. The first kappa shape index (κ1) is 28.2. The van der Waals surface area contributed by atoms with Crippen LogP contribution in [0.5, 0.6) is 0 Å². The van der Waals surface area contributed by atoms with Crippen molar-refractivity contribution >= 4 is 0 Å². The van der Waals surface area contributed by atoms with Gasteiger partial charge in [-0.1, -0.05) is 151 Å². The molecule has 0 N–H and O–H groups in total. The maximum absolute atomic E-state index is 2.35. The molecular formula is C36H50. The van der Waals surface area contributed by atoms with Gasteiger partial charge in [0.25, 0.3) is 0 Å². The van der Waals surface area contributed by atoms with Gasteiger partial charge in [-0.25, -0.2) is 0 Å². The lowest BCUT2D eigenvalue weighted by Crippen LogP contribution is -1.98. The van der Waals surface area contributed by atoms with Crippen LogP contribution in [0.1, 0.15) is 124 Å². The van der Waals surface area contributed by atoms with E-state index in [0.717, 1.165) is 12.8 Å². The van der Waals surface area contributed by atoms with Crippen LogP contribution in [0.2, 0.25) is 0 Å². The second-order valence-corrected chi connectivity index (χ2v) is 10.7. The summed E-state index contributed by atoms with van der Waals surface area (Å²) in [6.07, 6.45) is 20.9. The molecule has 0 atom stereocenters. The first-order valence-electron chi connectivity index (χ1n) is 15.0. The Morgan fingerprint density at radius 3 is 1.08 bits per heavy atom. The molecule has 194 valence electrons. The van der Waals surface area contributed by atoms with E-state index in [9.17, 15) is 0 Å². The van der Waals surface area contributed by atoms with Crippen molar-refractivity contribution in [1.29, 1.82) is 0 Å². The lowest BCUT2D eigenvalue weighted by atomic mass is 9.93. The minimum atomic E-state index is 1.04. The van der Waals surface area contributed by atoms with E-state index in [2.05, 4.69) is 86.6 Å². The van der Waals surface area contributed by atoms with Crippen LogP contribution >= 0.6 is 0 Å². The molecule has 0 bridgehead atoms. The third-order valence-corrected chi connectivity index (χ3v) is 7.65. The molecule has 0 spiro atoms. The highest BCUT2D eigenvalue weighted by Crippen LogP contribution is 2.21. The predicted molar refractivity (Wildman–Crippen MR) is 159 cm³/mol. The molecule has 36 heavy (non-hydrogen) atoms. The van der Waals surface area contributed by atoms with Gasteiger partial charge in [0, 0.05) is 0 Å². The van der Waals surface area contributed by atoms with Crippen LogP contribution in [-0.4, -0.2) is 0 Å². The third-order valence-electron chi connectivity index (χ3n) is 7.65. The van der Waals surface area contributed by atoms with Crippen molar-refractivity contribution in [1.82, 2.24) is 0 Å². The molecule has 0 nitrogen and oxygen atoms in total. The Kier molecular flexibility index (Phi) is 13.5. The van der Waals surface area contributed by atoms with Crippen molar-refractivity contribution < 1.29 is 0 Å². The summed E-state index contributed by atoms with van der Waals surface area (Å²) in [5.41, 5.74) is 8.94. The van der Waals surface area contributed by atoms with Gasteiger partial charge in [-0.3, -0.25) is 0 Å². The molecule has 3 aromatic carbocycles. The van der Waals surface area contributed by atoms with Gasteiger partial charge in [0.2, 0.25) is 0 Å². The molecule has 0 aliphatic heterocycles. The lowest BCUT2D eigenvalue weighted by Gasteiger charge is -2.12. The summed E-state index contributed by atoms with van der Waals surface area (Å²) >= 11 is 0. The van der Waals surface area contributed by atoms with Crippen molar-refractivity contribution in [2.75, 3.05) is 0 Å². The van der Waals surface area contributed by atoms with Gasteiger partial charge >= 0.3 is 0 Å². The van der Waals surface area contributed by atoms with E-state index in [0.29, 0.717) is 0 Å². The van der Waals surface area contributed by atoms with Crippen LogP contribution in [0.4, 0.5) is 0 Å². The summed E-state index contributed by atoms with van der Waals surface area (Å²) in [6, 6.07) is 27.6. The van der Waals surface area contributed by atoms with Gasteiger partial charge in [0.1, 0.15) is 0 Å². The topological polar surface area (TPSA) is 0 Å². The van der Waals surface area contributed by atoms with Gasteiger partial charge in [-0.2, -0.15) is 0 Å². The van der Waals surface area contributed by atoms with Crippen LogP contribution in [-0.2, 0) is 25.7 Å². The molecule has 0 heterocycles. The molecule has 0 saturated heterocycles. The zero-order valence-electron chi connectivity index (χ0n) is 23.2.